The summed E-state index contributed by atoms with van der Waals surface area (Å²) in [6.07, 6.45) is 1.35. The Balaban J connectivity index is 2.03. The van der Waals surface area contributed by atoms with Crippen molar-refractivity contribution in [1.29, 1.82) is 0 Å². The maximum absolute atomic E-state index is 12.3. The minimum absolute atomic E-state index is 0.00752. The van der Waals surface area contributed by atoms with E-state index in [0.29, 0.717) is 10.9 Å². The summed E-state index contributed by atoms with van der Waals surface area (Å²) < 4.78 is 6.35. The molecule has 3 rings (SSSR count). The van der Waals surface area contributed by atoms with Gasteiger partial charge < -0.3 is 4.42 Å². The first-order chi connectivity index (χ1) is 10.2. The summed E-state index contributed by atoms with van der Waals surface area (Å²) in [7, 11) is 0. The monoisotopic (exact) mass is 285 g/mol. The molecule has 0 aliphatic heterocycles. The fourth-order valence-electron chi connectivity index (χ4n) is 2.01. The van der Waals surface area contributed by atoms with Crippen molar-refractivity contribution in [2.75, 3.05) is 0 Å². The molecule has 8 heteroatoms. The summed E-state index contributed by atoms with van der Waals surface area (Å²) >= 11 is 0. The van der Waals surface area contributed by atoms with Crippen LogP contribution in [0.2, 0.25) is 0 Å². The lowest BCUT2D eigenvalue weighted by Crippen LogP contribution is -2.31. The van der Waals surface area contributed by atoms with Crippen molar-refractivity contribution < 1.29 is 9.21 Å². The molecule has 0 radical (unpaired) electrons. The summed E-state index contributed by atoms with van der Waals surface area (Å²) in [5.41, 5.74) is 2.47. The van der Waals surface area contributed by atoms with Crippen molar-refractivity contribution in [3.05, 3.63) is 58.3 Å². The van der Waals surface area contributed by atoms with Crippen LogP contribution in [0.1, 0.15) is 16.1 Å². The first-order valence-corrected chi connectivity index (χ1v) is 6.10. The predicted octanol–water partition coefficient (Wildman–Crippen LogP) is 0.0363. The van der Waals surface area contributed by atoms with Crippen molar-refractivity contribution in [2.24, 2.45) is 5.84 Å². The molecule has 0 spiro atoms. The number of hydrogen-bond acceptors (Lipinski definition) is 6. The highest BCUT2D eigenvalue weighted by Crippen LogP contribution is 2.11. The highest BCUT2D eigenvalue weighted by Gasteiger charge is 2.15. The maximum atomic E-state index is 12.3. The second-order valence-corrected chi connectivity index (χ2v) is 4.30. The summed E-state index contributed by atoms with van der Waals surface area (Å²) in [5.74, 6) is 4.87. The van der Waals surface area contributed by atoms with E-state index in [-0.39, 0.29) is 23.4 Å². The number of amides is 1. The van der Waals surface area contributed by atoms with Gasteiger partial charge in [-0.15, -0.1) is 5.10 Å². The Morgan fingerprint density at radius 2 is 2.14 bits per heavy atom. The lowest BCUT2D eigenvalue weighted by molar-refractivity contribution is 0.0951. The van der Waals surface area contributed by atoms with Gasteiger partial charge in [-0.2, -0.15) is 0 Å². The summed E-state index contributed by atoms with van der Waals surface area (Å²) in [6.45, 7) is -0.00752. The van der Waals surface area contributed by atoms with Crippen LogP contribution >= 0.6 is 0 Å². The molecular formula is C13H11N5O3. The zero-order chi connectivity index (χ0) is 14.8. The van der Waals surface area contributed by atoms with Crippen LogP contribution < -0.4 is 16.8 Å². The highest BCUT2D eigenvalue weighted by molar-refractivity contribution is 5.94. The number of carbonyl (C=O) groups excluding carboxylic acids is 1. The standard InChI is InChI=1S/C13H11N5O3/c14-15-12(19)9-5-6-21-11(9)7-18-13(20)8-3-1-2-4-10(8)16-17-18/h1-6H,7,14H2,(H,15,19). The Morgan fingerprint density at radius 3 is 2.95 bits per heavy atom. The Bertz CT molecular complexity index is 867. The summed E-state index contributed by atoms with van der Waals surface area (Å²) in [6, 6.07) is 8.36. The van der Waals surface area contributed by atoms with E-state index in [1.54, 1.807) is 24.3 Å². The van der Waals surface area contributed by atoms with Crippen molar-refractivity contribution in [2.45, 2.75) is 6.54 Å². The third kappa shape index (κ3) is 2.28. The van der Waals surface area contributed by atoms with Crippen LogP contribution in [0, 0.1) is 0 Å². The number of fused-ring (bicyclic) bond motifs is 1. The van der Waals surface area contributed by atoms with E-state index in [0.717, 1.165) is 4.68 Å². The molecule has 1 amide bonds. The van der Waals surface area contributed by atoms with Gasteiger partial charge in [-0.3, -0.25) is 15.0 Å². The molecule has 0 fully saturated rings. The maximum Gasteiger partial charge on any atom is 0.278 e. The molecule has 106 valence electrons. The molecule has 8 nitrogen and oxygen atoms in total. The number of aromatic nitrogens is 3. The van der Waals surface area contributed by atoms with Gasteiger partial charge in [0, 0.05) is 0 Å². The summed E-state index contributed by atoms with van der Waals surface area (Å²) in [4.78, 5) is 23.9. The zero-order valence-electron chi connectivity index (χ0n) is 10.8. The number of furan rings is 1. The normalized spacial score (nSPS) is 10.7. The van der Waals surface area contributed by atoms with Crippen molar-refractivity contribution in [1.82, 2.24) is 20.4 Å². The average Bonchev–Trinajstić information content (AvgIpc) is 2.98. The van der Waals surface area contributed by atoms with E-state index in [2.05, 4.69) is 10.3 Å². The molecule has 21 heavy (non-hydrogen) atoms. The van der Waals surface area contributed by atoms with Gasteiger partial charge in [0.25, 0.3) is 11.5 Å². The number of hydrogen-bond donors (Lipinski definition) is 2. The molecule has 3 aromatic rings. The first kappa shape index (κ1) is 13.0. The smallest absolute Gasteiger partial charge is 0.278 e. The Hall–Kier alpha value is -3.00. The molecule has 0 unspecified atom stereocenters. The van der Waals surface area contributed by atoms with Crippen LogP contribution in [0.3, 0.4) is 0 Å². The highest BCUT2D eigenvalue weighted by atomic mass is 16.3. The van der Waals surface area contributed by atoms with Gasteiger partial charge in [0.05, 0.1) is 17.2 Å². The van der Waals surface area contributed by atoms with E-state index in [9.17, 15) is 9.59 Å². The van der Waals surface area contributed by atoms with Gasteiger partial charge in [0.15, 0.2) is 0 Å². The molecule has 2 aromatic heterocycles. The van der Waals surface area contributed by atoms with Gasteiger partial charge in [0.1, 0.15) is 17.8 Å². The van der Waals surface area contributed by atoms with Crippen LogP contribution in [0.25, 0.3) is 10.9 Å². The van der Waals surface area contributed by atoms with Gasteiger partial charge >= 0.3 is 0 Å². The molecule has 0 saturated heterocycles. The largest absolute Gasteiger partial charge is 0.467 e. The van der Waals surface area contributed by atoms with Gasteiger partial charge in [0.2, 0.25) is 0 Å². The Kier molecular flexibility index (Phi) is 3.20. The van der Waals surface area contributed by atoms with Crippen LogP contribution in [0.5, 0.6) is 0 Å². The number of nitrogens with two attached hydrogens (primary N) is 1. The lowest BCUT2D eigenvalue weighted by atomic mass is 10.2. The van der Waals surface area contributed by atoms with E-state index in [1.807, 2.05) is 5.43 Å². The zero-order valence-corrected chi connectivity index (χ0v) is 10.8. The minimum atomic E-state index is -0.499. The average molecular weight is 285 g/mol. The van der Waals surface area contributed by atoms with Crippen molar-refractivity contribution >= 4 is 16.8 Å². The molecule has 0 bridgehead atoms. The number of nitrogen functional groups attached to an aromatic ring is 1. The Morgan fingerprint density at radius 1 is 1.33 bits per heavy atom. The SMILES string of the molecule is NNC(=O)c1ccoc1Cn1nnc2ccccc2c1=O. The second kappa shape index (κ2) is 5.17. The molecule has 0 saturated carbocycles. The Labute approximate surface area is 118 Å². The number of carbonyl (C=O) groups is 1. The molecule has 0 atom stereocenters. The number of benzene rings is 1. The van der Waals surface area contributed by atoms with Gasteiger partial charge in [-0.1, -0.05) is 17.3 Å². The van der Waals surface area contributed by atoms with E-state index in [4.69, 9.17) is 10.3 Å². The van der Waals surface area contributed by atoms with Crippen molar-refractivity contribution in [3.8, 4) is 0 Å². The quantitative estimate of drug-likeness (QED) is 0.398. The topological polar surface area (TPSA) is 116 Å². The molecule has 2 heterocycles. The van der Waals surface area contributed by atoms with E-state index in [1.165, 1.54) is 12.3 Å². The van der Waals surface area contributed by atoms with E-state index < -0.39 is 5.91 Å². The lowest BCUT2D eigenvalue weighted by Gasteiger charge is -2.04. The minimum Gasteiger partial charge on any atom is -0.467 e. The third-order valence-corrected chi connectivity index (χ3v) is 3.04. The van der Waals surface area contributed by atoms with Gasteiger partial charge in [-0.25, -0.2) is 10.5 Å². The van der Waals surface area contributed by atoms with Crippen LogP contribution in [-0.2, 0) is 6.54 Å². The first-order valence-electron chi connectivity index (χ1n) is 6.10. The number of nitrogens with one attached hydrogen (secondary N) is 1. The number of nitrogens with zero attached hydrogens (tertiary/aromatic N) is 3. The molecule has 0 aliphatic rings. The third-order valence-electron chi connectivity index (χ3n) is 3.04. The van der Waals surface area contributed by atoms with Crippen LogP contribution in [0.15, 0.2) is 45.8 Å². The summed E-state index contributed by atoms with van der Waals surface area (Å²) in [5, 5.41) is 8.25. The predicted molar refractivity (Wildman–Crippen MR) is 73.3 cm³/mol. The molecular weight excluding hydrogens is 274 g/mol. The van der Waals surface area contributed by atoms with Crippen molar-refractivity contribution in [3.63, 3.8) is 0 Å². The number of hydrazine groups is 1. The molecule has 1 aromatic carbocycles. The van der Waals surface area contributed by atoms with E-state index >= 15 is 0 Å². The molecule has 0 aliphatic carbocycles. The fourth-order valence-corrected chi connectivity index (χ4v) is 2.01. The second-order valence-electron chi connectivity index (χ2n) is 4.30. The van der Waals surface area contributed by atoms with Gasteiger partial charge in [-0.05, 0) is 18.2 Å². The fraction of sp³-hybridized carbons (Fsp3) is 0.0769. The van der Waals surface area contributed by atoms with Crippen LogP contribution in [-0.4, -0.2) is 20.9 Å². The number of rotatable bonds is 3. The molecule has 3 N–H and O–H groups in total. The van der Waals surface area contributed by atoms with Crippen LogP contribution in [0.4, 0.5) is 0 Å².